The molecule has 1 fully saturated rings. The van der Waals surface area contributed by atoms with Crippen LogP contribution in [0, 0.1) is 0 Å². The number of hydrogen-bond acceptors (Lipinski definition) is 5. The molecule has 0 radical (unpaired) electrons. The van der Waals surface area contributed by atoms with Gasteiger partial charge >= 0.3 is 6.18 Å². The van der Waals surface area contributed by atoms with E-state index in [1.165, 1.54) is 29.5 Å². The van der Waals surface area contributed by atoms with Gasteiger partial charge in [-0.25, -0.2) is 0 Å². The molecule has 2 aromatic heterocycles. The molecular formula is C20H16F3N3O2S. The molecule has 0 spiro atoms. The molecule has 1 aliphatic rings. The third kappa shape index (κ3) is 4.24. The van der Waals surface area contributed by atoms with Crippen LogP contribution in [-0.2, 0) is 11.0 Å². The van der Waals surface area contributed by atoms with E-state index in [-0.39, 0.29) is 29.2 Å². The van der Waals surface area contributed by atoms with E-state index in [1.807, 2.05) is 17.5 Å². The highest BCUT2D eigenvalue weighted by Crippen LogP contribution is 2.34. The number of benzene rings is 1. The van der Waals surface area contributed by atoms with Crippen LogP contribution in [0.1, 0.15) is 35.2 Å². The second-order valence-electron chi connectivity index (χ2n) is 6.57. The Balaban J connectivity index is 1.53. The van der Waals surface area contributed by atoms with Gasteiger partial charge in [0.25, 0.3) is 0 Å². The summed E-state index contributed by atoms with van der Waals surface area (Å²) in [6, 6.07) is 8.19. The summed E-state index contributed by atoms with van der Waals surface area (Å²) in [7, 11) is 0. The Morgan fingerprint density at radius 1 is 1.28 bits per heavy atom. The third-order valence-corrected chi connectivity index (χ3v) is 5.48. The molecule has 3 heterocycles. The molecule has 29 heavy (non-hydrogen) atoms. The lowest BCUT2D eigenvalue weighted by atomic mass is 10.1. The van der Waals surface area contributed by atoms with Gasteiger partial charge < -0.3 is 9.42 Å². The zero-order valence-electron chi connectivity index (χ0n) is 15.1. The van der Waals surface area contributed by atoms with Gasteiger partial charge in [0, 0.05) is 23.1 Å². The van der Waals surface area contributed by atoms with Crippen LogP contribution >= 0.6 is 11.3 Å². The van der Waals surface area contributed by atoms with E-state index in [9.17, 15) is 18.0 Å². The van der Waals surface area contributed by atoms with Crippen molar-refractivity contribution in [2.75, 3.05) is 6.54 Å². The lowest BCUT2D eigenvalue weighted by Crippen LogP contribution is -2.29. The fraction of sp³-hybridized carbons (Fsp3) is 0.250. The monoisotopic (exact) mass is 419 g/mol. The summed E-state index contributed by atoms with van der Waals surface area (Å²) in [5.74, 6) is 0.132. The zero-order valence-corrected chi connectivity index (χ0v) is 15.9. The average molecular weight is 419 g/mol. The van der Waals surface area contributed by atoms with Crippen LogP contribution < -0.4 is 0 Å². The van der Waals surface area contributed by atoms with Crippen molar-refractivity contribution in [1.82, 2.24) is 15.0 Å². The summed E-state index contributed by atoms with van der Waals surface area (Å²) < 4.78 is 44.1. The van der Waals surface area contributed by atoms with E-state index < -0.39 is 11.7 Å². The molecule has 1 saturated heterocycles. The first-order chi connectivity index (χ1) is 13.9. The maximum absolute atomic E-state index is 12.9. The third-order valence-electron chi connectivity index (χ3n) is 4.64. The molecule has 0 saturated carbocycles. The molecule has 3 aromatic rings. The Kier molecular flexibility index (Phi) is 5.23. The number of amides is 1. The lowest BCUT2D eigenvalue weighted by molar-refractivity contribution is -0.137. The first-order valence-corrected chi connectivity index (χ1v) is 9.83. The van der Waals surface area contributed by atoms with Gasteiger partial charge in [-0.1, -0.05) is 23.4 Å². The number of halogens is 3. The van der Waals surface area contributed by atoms with E-state index in [4.69, 9.17) is 4.52 Å². The van der Waals surface area contributed by atoms with E-state index in [2.05, 4.69) is 10.1 Å². The van der Waals surface area contributed by atoms with Gasteiger partial charge in [-0.05, 0) is 42.5 Å². The van der Waals surface area contributed by atoms with Crippen LogP contribution in [0.3, 0.4) is 0 Å². The molecule has 1 aromatic carbocycles. The number of rotatable bonds is 4. The van der Waals surface area contributed by atoms with E-state index in [0.29, 0.717) is 13.0 Å². The number of carbonyl (C=O) groups excluding carboxylic acids is 1. The Labute approximate surface area is 168 Å². The number of aromatic nitrogens is 2. The fourth-order valence-corrected chi connectivity index (χ4v) is 3.86. The van der Waals surface area contributed by atoms with Crippen LogP contribution in [0.4, 0.5) is 13.2 Å². The van der Waals surface area contributed by atoms with Crippen molar-refractivity contribution < 1.29 is 22.5 Å². The highest BCUT2D eigenvalue weighted by molar-refractivity contribution is 7.10. The van der Waals surface area contributed by atoms with Crippen molar-refractivity contribution in [2.45, 2.75) is 25.1 Å². The normalized spacial score (nSPS) is 17.3. The Hall–Kier alpha value is -2.94. The minimum Gasteiger partial charge on any atom is -0.337 e. The van der Waals surface area contributed by atoms with Gasteiger partial charge in [-0.15, -0.1) is 11.3 Å². The Morgan fingerprint density at radius 2 is 2.14 bits per heavy atom. The number of likely N-dealkylation sites (tertiary alicyclic amines) is 1. The second kappa shape index (κ2) is 7.82. The molecule has 1 atom stereocenters. The first kappa shape index (κ1) is 19.4. The Morgan fingerprint density at radius 3 is 2.90 bits per heavy atom. The van der Waals surface area contributed by atoms with Crippen molar-refractivity contribution in [3.05, 3.63) is 64.2 Å². The molecule has 4 rings (SSSR count). The predicted molar refractivity (Wildman–Crippen MR) is 102 cm³/mol. The summed E-state index contributed by atoms with van der Waals surface area (Å²) >= 11 is 1.53. The van der Waals surface area contributed by atoms with Crippen LogP contribution in [0.2, 0.25) is 0 Å². The van der Waals surface area contributed by atoms with Crippen LogP contribution in [0.5, 0.6) is 0 Å². The lowest BCUT2D eigenvalue weighted by Gasteiger charge is -2.19. The molecule has 1 aliphatic heterocycles. The van der Waals surface area contributed by atoms with Crippen LogP contribution in [0.25, 0.3) is 17.5 Å². The molecule has 5 nitrogen and oxygen atoms in total. The van der Waals surface area contributed by atoms with Gasteiger partial charge in [0.1, 0.15) is 6.04 Å². The largest absolute Gasteiger partial charge is 0.416 e. The molecule has 9 heteroatoms. The summed E-state index contributed by atoms with van der Waals surface area (Å²) in [4.78, 5) is 19.5. The maximum Gasteiger partial charge on any atom is 0.416 e. The molecule has 1 amide bonds. The second-order valence-corrected chi connectivity index (χ2v) is 7.55. The van der Waals surface area contributed by atoms with Gasteiger partial charge in [-0.2, -0.15) is 18.2 Å². The topological polar surface area (TPSA) is 59.2 Å². The maximum atomic E-state index is 12.9. The van der Waals surface area contributed by atoms with Gasteiger partial charge in [0.05, 0.1) is 5.56 Å². The molecule has 0 aliphatic carbocycles. The zero-order chi connectivity index (χ0) is 20.4. The van der Waals surface area contributed by atoms with Crippen LogP contribution in [0.15, 0.2) is 52.4 Å². The van der Waals surface area contributed by atoms with E-state index in [0.717, 1.165) is 23.4 Å². The van der Waals surface area contributed by atoms with Crippen molar-refractivity contribution in [2.24, 2.45) is 0 Å². The van der Waals surface area contributed by atoms with Crippen LogP contribution in [-0.4, -0.2) is 27.5 Å². The summed E-state index contributed by atoms with van der Waals surface area (Å²) in [6.07, 6.45) is 0.248. The molecular weight excluding hydrogens is 403 g/mol. The fourth-order valence-electron chi connectivity index (χ4n) is 3.24. The molecule has 1 unspecified atom stereocenters. The van der Waals surface area contributed by atoms with Crippen molar-refractivity contribution in [1.29, 1.82) is 0 Å². The standard InChI is InChI=1S/C20H16F3N3O2S/c21-20(22,23)14-5-1-4-13(12-14)18-24-19(28-25-18)16-7-2-10-26(16)17(27)9-8-15-6-3-11-29-15/h1,3-6,8-9,11-12,16H,2,7,10H2. The number of thiophene rings is 1. The van der Waals surface area contributed by atoms with Crippen molar-refractivity contribution in [3.8, 4) is 11.4 Å². The van der Waals surface area contributed by atoms with Gasteiger partial charge in [-0.3, -0.25) is 4.79 Å². The van der Waals surface area contributed by atoms with E-state index in [1.54, 1.807) is 11.0 Å². The SMILES string of the molecule is O=C(C=Cc1cccs1)N1CCCC1c1nc(-c2cccc(C(F)(F)F)c2)no1. The first-order valence-electron chi connectivity index (χ1n) is 8.95. The molecule has 150 valence electrons. The molecule has 0 N–H and O–H groups in total. The quantitative estimate of drug-likeness (QED) is 0.546. The smallest absolute Gasteiger partial charge is 0.337 e. The highest BCUT2D eigenvalue weighted by Gasteiger charge is 2.34. The van der Waals surface area contributed by atoms with Gasteiger partial charge in [0.2, 0.25) is 17.6 Å². The summed E-state index contributed by atoms with van der Waals surface area (Å²) in [5, 5.41) is 5.75. The summed E-state index contributed by atoms with van der Waals surface area (Å²) in [6.45, 7) is 0.555. The van der Waals surface area contributed by atoms with Crippen molar-refractivity contribution in [3.63, 3.8) is 0 Å². The number of carbonyl (C=O) groups is 1. The number of alkyl halides is 3. The average Bonchev–Trinajstić information content (AvgIpc) is 3.46. The van der Waals surface area contributed by atoms with Gasteiger partial charge in [0.15, 0.2) is 0 Å². The van der Waals surface area contributed by atoms with E-state index >= 15 is 0 Å². The predicted octanol–water partition coefficient (Wildman–Crippen LogP) is 5.19. The van der Waals surface area contributed by atoms with Crippen molar-refractivity contribution >= 4 is 23.3 Å². The number of nitrogens with zero attached hydrogens (tertiary/aromatic N) is 3. The molecule has 0 bridgehead atoms. The highest BCUT2D eigenvalue weighted by atomic mass is 32.1. The number of hydrogen-bond donors (Lipinski definition) is 0. The minimum absolute atomic E-state index is 0.0690. The summed E-state index contributed by atoms with van der Waals surface area (Å²) in [5.41, 5.74) is -0.568. The minimum atomic E-state index is -4.45. The Bertz CT molecular complexity index is 1030.